The molecule has 0 spiro atoms. The Bertz CT molecular complexity index is 629. The number of sulfonamides is 1. The second-order valence-electron chi connectivity index (χ2n) is 4.83. The number of rotatable bonds is 3. The van der Waals surface area contributed by atoms with Gasteiger partial charge in [0.15, 0.2) is 0 Å². The zero-order chi connectivity index (χ0) is 14.9. The van der Waals surface area contributed by atoms with Gasteiger partial charge in [0, 0.05) is 11.0 Å². The van der Waals surface area contributed by atoms with E-state index in [1.54, 1.807) is 19.1 Å². The van der Waals surface area contributed by atoms with Crippen molar-refractivity contribution in [1.82, 2.24) is 4.31 Å². The van der Waals surface area contributed by atoms with E-state index in [0.717, 1.165) is 10.7 Å². The summed E-state index contributed by atoms with van der Waals surface area (Å²) in [4.78, 5) is 11.4. The lowest BCUT2D eigenvalue weighted by atomic mass is 10.1. The number of carboxylic acid groups (broad SMARTS) is 1. The molecule has 1 aliphatic rings. The number of carboxylic acids is 1. The number of aliphatic carboxylic acids is 1. The molecule has 5 nitrogen and oxygen atoms in total. The van der Waals surface area contributed by atoms with Crippen molar-refractivity contribution in [2.75, 3.05) is 6.54 Å². The summed E-state index contributed by atoms with van der Waals surface area (Å²) in [5.74, 6) is -1.08. The highest BCUT2D eigenvalue weighted by molar-refractivity contribution is 9.10. The van der Waals surface area contributed by atoms with Crippen molar-refractivity contribution in [2.45, 2.75) is 37.1 Å². The van der Waals surface area contributed by atoms with Crippen LogP contribution in [0.3, 0.4) is 0 Å². The van der Waals surface area contributed by atoms with Gasteiger partial charge in [0.25, 0.3) is 0 Å². The van der Waals surface area contributed by atoms with Gasteiger partial charge in [-0.25, -0.2) is 8.42 Å². The van der Waals surface area contributed by atoms with Crippen LogP contribution in [0.15, 0.2) is 27.6 Å². The first-order valence-electron chi connectivity index (χ1n) is 6.35. The zero-order valence-corrected chi connectivity index (χ0v) is 13.4. The third kappa shape index (κ3) is 2.75. The number of piperidine rings is 1. The fourth-order valence-corrected chi connectivity index (χ4v) is 4.83. The Morgan fingerprint density at radius 1 is 1.40 bits per heavy atom. The Balaban J connectivity index is 2.48. The summed E-state index contributed by atoms with van der Waals surface area (Å²) in [7, 11) is -3.79. The van der Waals surface area contributed by atoms with E-state index >= 15 is 0 Å². The van der Waals surface area contributed by atoms with Crippen molar-refractivity contribution in [2.24, 2.45) is 0 Å². The van der Waals surface area contributed by atoms with Crippen molar-refractivity contribution in [3.8, 4) is 0 Å². The summed E-state index contributed by atoms with van der Waals surface area (Å²) in [6, 6.07) is 3.96. The van der Waals surface area contributed by atoms with E-state index in [4.69, 9.17) is 0 Å². The Labute approximate surface area is 126 Å². The van der Waals surface area contributed by atoms with Gasteiger partial charge in [0.1, 0.15) is 6.04 Å². The second-order valence-corrected chi connectivity index (χ2v) is 7.54. The second kappa shape index (κ2) is 5.83. The minimum absolute atomic E-state index is 0.167. The standard InChI is InChI=1S/C13H16BrNO4S/c1-9-10(14)5-4-7-12(9)20(18,19)15-8-3-2-6-11(15)13(16)17/h4-5,7,11H,2-3,6,8H2,1H3,(H,16,17). The smallest absolute Gasteiger partial charge is 0.322 e. The number of hydrogen-bond acceptors (Lipinski definition) is 3. The number of benzene rings is 1. The first kappa shape index (κ1) is 15.5. The first-order valence-corrected chi connectivity index (χ1v) is 8.59. The predicted octanol–water partition coefficient (Wildman–Crippen LogP) is 2.39. The minimum Gasteiger partial charge on any atom is -0.480 e. The van der Waals surface area contributed by atoms with Crippen LogP contribution in [0, 0.1) is 6.92 Å². The van der Waals surface area contributed by atoms with Crippen LogP contribution in [-0.2, 0) is 14.8 Å². The average Bonchev–Trinajstić information content (AvgIpc) is 2.41. The van der Waals surface area contributed by atoms with E-state index in [1.807, 2.05) is 0 Å². The molecule has 1 atom stereocenters. The molecule has 1 unspecified atom stereocenters. The first-order chi connectivity index (χ1) is 9.35. The van der Waals surface area contributed by atoms with Gasteiger partial charge in [0.2, 0.25) is 10.0 Å². The topological polar surface area (TPSA) is 74.7 Å². The summed E-state index contributed by atoms with van der Waals surface area (Å²) in [5.41, 5.74) is 0.599. The number of hydrogen-bond donors (Lipinski definition) is 1. The molecule has 1 saturated heterocycles. The molecule has 1 heterocycles. The van der Waals surface area contributed by atoms with E-state index in [0.29, 0.717) is 22.9 Å². The van der Waals surface area contributed by atoms with Crippen molar-refractivity contribution in [3.05, 3.63) is 28.2 Å². The molecule has 1 aromatic rings. The molecule has 1 N–H and O–H groups in total. The van der Waals surface area contributed by atoms with Crippen LogP contribution >= 0.6 is 15.9 Å². The summed E-state index contributed by atoms with van der Waals surface area (Å²) in [5, 5.41) is 9.23. The Morgan fingerprint density at radius 2 is 2.10 bits per heavy atom. The van der Waals surface area contributed by atoms with E-state index < -0.39 is 22.0 Å². The number of halogens is 1. The van der Waals surface area contributed by atoms with Crippen molar-refractivity contribution < 1.29 is 18.3 Å². The van der Waals surface area contributed by atoms with Gasteiger partial charge in [-0.15, -0.1) is 0 Å². The van der Waals surface area contributed by atoms with Crippen molar-refractivity contribution in [1.29, 1.82) is 0 Å². The molecule has 2 rings (SSSR count). The van der Waals surface area contributed by atoms with Crippen LogP contribution in [0.4, 0.5) is 0 Å². The van der Waals surface area contributed by atoms with Crippen LogP contribution in [0.5, 0.6) is 0 Å². The van der Waals surface area contributed by atoms with Gasteiger partial charge < -0.3 is 5.11 Å². The molecule has 1 aliphatic heterocycles. The third-order valence-electron chi connectivity index (χ3n) is 3.54. The summed E-state index contributed by atoms with van der Waals surface area (Å²) in [6.07, 6.45) is 1.79. The highest BCUT2D eigenvalue weighted by atomic mass is 79.9. The molecule has 20 heavy (non-hydrogen) atoms. The lowest BCUT2D eigenvalue weighted by molar-refractivity contribution is -0.142. The van der Waals surface area contributed by atoms with Gasteiger partial charge in [-0.1, -0.05) is 22.0 Å². The minimum atomic E-state index is -3.79. The van der Waals surface area contributed by atoms with Gasteiger partial charge in [-0.05, 0) is 43.9 Å². The lowest BCUT2D eigenvalue weighted by Gasteiger charge is -2.32. The van der Waals surface area contributed by atoms with Crippen LogP contribution < -0.4 is 0 Å². The maximum absolute atomic E-state index is 12.7. The summed E-state index contributed by atoms with van der Waals surface area (Å²) in [6.45, 7) is 1.96. The Hall–Kier alpha value is -0.920. The molecule has 0 radical (unpaired) electrons. The number of carbonyl (C=O) groups is 1. The van der Waals surface area contributed by atoms with E-state index in [-0.39, 0.29) is 11.4 Å². The summed E-state index contributed by atoms with van der Waals surface area (Å²) < 4.78 is 27.2. The van der Waals surface area contributed by atoms with Gasteiger partial charge in [-0.3, -0.25) is 4.79 Å². The van der Waals surface area contributed by atoms with Crippen LogP contribution in [-0.4, -0.2) is 36.4 Å². The Kier molecular flexibility index (Phi) is 4.51. The Morgan fingerprint density at radius 3 is 2.75 bits per heavy atom. The largest absolute Gasteiger partial charge is 0.480 e. The SMILES string of the molecule is Cc1c(Br)cccc1S(=O)(=O)N1CCCCC1C(=O)O. The van der Waals surface area contributed by atoms with Gasteiger partial charge >= 0.3 is 5.97 Å². The molecule has 7 heteroatoms. The maximum Gasteiger partial charge on any atom is 0.322 e. The van der Waals surface area contributed by atoms with E-state index in [2.05, 4.69) is 15.9 Å². The van der Waals surface area contributed by atoms with Crippen LogP contribution in [0.25, 0.3) is 0 Å². The summed E-state index contributed by atoms with van der Waals surface area (Å²) >= 11 is 3.31. The molecule has 1 aromatic carbocycles. The molecule has 0 aliphatic carbocycles. The van der Waals surface area contributed by atoms with Crippen molar-refractivity contribution >= 4 is 31.9 Å². The fraction of sp³-hybridized carbons (Fsp3) is 0.462. The predicted molar refractivity (Wildman–Crippen MR) is 78.0 cm³/mol. The van der Waals surface area contributed by atoms with E-state index in [1.165, 1.54) is 6.07 Å². The molecule has 0 aromatic heterocycles. The molecule has 110 valence electrons. The van der Waals surface area contributed by atoms with Gasteiger partial charge in [-0.2, -0.15) is 4.31 Å². The zero-order valence-electron chi connectivity index (χ0n) is 11.0. The maximum atomic E-state index is 12.7. The molecular formula is C13H16BrNO4S. The molecular weight excluding hydrogens is 346 g/mol. The monoisotopic (exact) mass is 361 g/mol. The molecule has 1 fully saturated rings. The highest BCUT2D eigenvalue weighted by Crippen LogP contribution is 2.30. The molecule has 0 amide bonds. The third-order valence-corrected chi connectivity index (χ3v) is 6.46. The van der Waals surface area contributed by atoms with Gasteiger partial charge in [0.05, 0.1) is 4.90 Å². The normalized spacial score (nSPS) is 20.8. The lowest BCUT2D eigenvalue weighted by Crippen LogP contribution is -2.47. The highest BCUT2D eigenvalue weighted by Gasteiger charge is 2.38. The van der Waals surface area contributed by atoms with Crippen LogP contribution in [0.1, 0.15) is 24.8 Å². The quantitative estimate of drug-likeness (QED) is 0.896. The molecule has 0 saturated carbocycles. The fourth-order valence-electron chi connectivity index (χ4n) is 2.43. The number of nitrogens with zero attached hydrogens (tertiary/aromatic N) is 1. The van der Waals surface area contributed by atoms with Crippen molar-refractivity contribution in [3.63, 3.8) is 0 Å². The average molecular weight is 362 g/mol. The van der Waals surface area contributed by atoms with Crippen LogP contribution in [0.2, 0.25) is 0 Å². The van der Waals surface area contributed by atoms with E-state index in [9.17, 15) is 18.3 Å². The molecule has 0 bridgehead atoms.